The monoisotopic (exact) mass is 897 g/mol. The molecule has 4 aromatic rings. The standard InChI is InChI=1S/C46H62ClFN5O8P/c1-4-5-6-7-8-9-10-11-12-13-14-15-16-17-20-36(55-29-34-25-33(28-49)26-35(48)27-34)30-56-62(54,61-40-22-19-18-21-37(40)47)57-31-41-43-44(60-46(2,3)59-43)42(58-41)38-23-24-39-45(50)51-32-52-53(38)39/h18-19,21-27,32,36,41-44H,4-17,20,29-31H2,1-3H3,(H2,50,51,52)/t36-,41-,42+,43-,44+,62?/m1/s1. The van der Waals surface area contributed by atoms with Gasteiger partial charge in [0.15, 0.2) is 11.6 Å². The molecule has 338 valence electrons. The maximum atomic E-state index is 14.7. The molecule has 0 spiro atoms. The fourth-order valence-corrected chi connectivity index (χ4v) is 9.59. The number of hydrogen-bond acceptors (Lipinski definition) is 12. The van der Waals surface area contributed by atoms with Crippen molar-refractivity contribution in [3.8, 4) is 11.8 Å². The fourth-order valence-electron chi connectivity index (χ4n) is 8.10. The maximum Gasteiger partial charge on any atom is 0.530 e. The van der Waals surface area contributed by atoms with Gasteiger partial charge in [0.2, 0.25) is 0 Å². The molecular weight excluding hydrogens is 836 g/mol. The normalized spacial score (nSPS) is 20.8. The molecule has 2 aliphatic rings. The first-order valence-electron chi connectivity index (χ1n) is 22.2. The summed E-state index contributed by atoms with van der Waals surface area (Å²) in [5.41, 5.74) is 8.08. The predicted octanol–water partition coefficient (Wildman–Crippen LogP) is 11.6. The molecule has 6 rings (SSSR count). The molecule has 2 saturated heterocycles. The number of nitriles is 1. The lowest BCUT2D eigenvalue weighted by Crippen LogP contribution is -2.33. The Labute approximate surface area is 370 Å². The van der Waals surface area contributed by atoms with Gasteiger partial charge in [-0.05, 0) is 68.3 Å². The van der Waals surface area contributed by atoms with Gasteiger partial charge in [-0.3, -0.25) is 9.05 Å². The van der Waals surface area contributed by atoms with E-state index in [1.165, 1.54) is 82.7 Å². The van der Waals surface area contributed by atoms with Crippen molar-refractivity contribution in [2.75, 3.05) is 18.9 Å². The third kappa shape index (κ3) is 13.7. The van der Waals surface area contributed by atoms with Crippen LogP contribution in [0.5, 0.6) is 5.75 Å². The van der Waals surface area contributed by atoms with Crippen LogP contribution in [0.25, 0.3) is 5.52 Å². The summed E-state index contributed by atoms with van der Waals surface area (Å²) in [7, 11) is -4.44. The first-order chi connectivity index (χ1) is 30.0. The van der Waals surface area contributed by atoms with Crippen molar-refractivity contribution in [2.24, 2.45) is 0 Å². The molecule has 2 aliphatic heterocycles. The number of anilines is 1. The van der Waals surface area contributed by atoms with Crippen LogP contribution < -0.4 is 10.3 Å². The van der Waals surface area contributed by atoms with E-state index in [-0.39, 0.29) is 36.2 Å². The van der Waals surface area contributed by atoms with Crippen LogP contribution in [0, 0.1) is 17.1 Å². The van der Waals surface area contributed by atoms with Crippen LogP contribution >= 0.6 is 19.4 Å². The van der Waals surface area contributed by atoms with Crippen LogP contribution in [0.4, 0.5) is 10.2 Å². The van der Waals surface area contributed by atoms with Gasteiger partial charge in [0.25, 0.3) is 0 Å². The number of halogens is 2. The zero-order chi connectivity index (χ0) is 44.0. The highest BCUT2D eigenvalue weighted by atomic mass is 35.5. The summed E-state index contributed by atoms with van der Waals surface area (Å²) in [5, 5.41) is 14.0. The van der Waals surface area contributed by atoms with E-state index >= 15 is 0 Å². The molecule has 2 aromatic carbocycles. The number of ether oxygens (including phenoxy) is 4. The minimum Gasteiger partial charge on any atom is -0.402 e. The number of nitrogen functional groups attached to an aromatic ring is 1. The number of unbranched alkanes of at least 4 members (excludes halogenated alkanes) is 13. The lowest BCUT2D eigenvalue weighted by Gasteiger charge is -2.26. The lowest BCUT2D eigenvalue weighted by atomic mass is 10.0. The molecule has 2 fully saturated rings. The van der Waals surface area contributed by atoms with E-state index in [9.17, 15) is 14.2 Å². The van der Waals surface area contributed by atoms with E-state index in [0.717, 1.165) is 25.7 Å². The average molecular weight is 898 g/mol. The lowest BCUT2D eigenvalue weighted by molar-refractivity contribution is -0.191. The van der Waals surface area contributed by atoms with Gasteiger partial charge in [-0.2, -0.15) is 10.4 Å². The third-order valence-electron chi connectivity index (χ3n) is 11.3. The Morgan fingerprint density at radius 3 is 2.31 bits per heavy atom. The first-order valence-corrected chi connectivity index (χ1v) is 24.0. The van der Waals surface area contributed by atoms with E-state index in [4.69, 9.17) is 49.9 Å². The quantitative estimate of drug-likeness (QED) is 0.0446. The number of para-hydroxylation sites is 1. The molecule has 1 unspecified atom stereocenters. The molecule has 0 bridgehead atoms. The summed E-state index contributed by atoms with van der Waals surface area (Å²) < 4.78 is 74.3. The summed E-state index contributed by atoms with van der Waals surface area (Å²) >= 11 is 6.47. The SMILES string of the molecule is CCCCCCCCCCCCCCCC[C@H](COP(=O)(OC[C@H]1O[C@@H](c2ccc3c(N)ncnn23)[C@@H]2OC(C)(C)O[C@@H]21)Oc1ccccc1Cl)OCc1cc(F)cc(C#N)c1. The first kappa shape index (κ1) is 47.8. The number of fused-ring (bicyclic) bond motifs is 2. The Balaban J connectivity index is 1.10. The highest BCUT2D eigenvalue weighted by molar-refractivity contribution is 7.48. The minimum atomic E-state index is -4.44. The largest absolute Gasteiger partial charge is 0.530 e. The van der Waals surface area contributed by atoms with E-state index in [2.05, 4.69) is 17.0 Å². The molecule has 2 aromatic heterocycles. The van der Waals surface area contributed by atoms with Gasteiger partial charge in [-0.15, -0.1) is 0 Å². The fraction of sp³-hybridized carbons (Fsp3) is 0.587. The molecule has 16 heteroatoms. The molecule has 0 amide bonds. The number of aromatic nitrogens is 3. The van der Waals surface area contributed by atoms with Gasteiger partial charge in [0, 0.05) is 0 Å². The van der Waals surface area contributed by atoms with Gasteiger partial charge in [-0.25, -0.2) is 18.5 Å². The highest BCUT2D eigenvalue weighted by Crippen LogP contribution is 2.53. The van der Waals surface area contributed by atoms with E-state index in [1.807, 2.05) is 26.0 Å². The minimum absolute atomic E-state index is 0.00802. The molecule has 0 saturated carbocycles. The Bertz CT molecular complexity index is 2120. The van der Waals surface area contributed by atoms with Gasteiger partial charge >= 0.3 is 7.82 Å². The molecule has 13 nitrogen and oxygen atoms in total. The molecule has 4 heterocycles. The summed E-state index contributed by atoms with van der Waals surface area (Å²) in [5.74, 6) is -1.06. The second-order valence-corrected chi connectivity index (χ2v) is 18.7. The predicted molar refractivity (Wildman–Crippen MR) is 235 cm³/mol. The van der Waals surface area contributed by atoms with Crippen molar-refractivity contribution in [2.45, 2.75) is 160 Å². The number of phosphoric ester groups is 1. The second-order valence-electron chi connectivity index (χ2n) is 16.7. The smallest absolute Gasteiger partial charge is 0.402 e. The van der Waals surface area contributed by atoms with Crippen molar-refractivity contribution < 1.29 is 41.5 Å². The highest BCUT2D eigenvalue weighted by Gasteiger charge is 2.57. The molecule has 0 aliphatic carbocycles. The van der Waals surface area contributed by atoms with Crippen molar-refractivity contribution in [3.05, 3.63) is 88.6 Å². The molecule has 6 atom stereocenters. The Hall–Kier alpha value is -3.64. The van der Waals surface area contributed by atoms with E-state index in [1.54, 1.807) is 40.9 Å². The van der Waals surface area contributed by atoms with Crippen LogP contribution in [0.1, 0.15) is 140 Å². The van der Waals surface area contributed by atoms with Crippen LogP contribution in [-0.2, 0) is 39.2 Å². The molecular formula is C46H62ClFN5O8P. The second kappa shape index (κ2) is 23.3. The number of rotatable bonds is 27. The number of phosphoric acid groups is 1. The van der Waals surface area contributed by atoms with Crippen molar-refractivity contribution in [1.82, 2.24) is 14.6 Å². The molecule has 0 radical (unpaired) electrons. The summed E-state index contributed by atoms with van der Waals surface area (Å²) in [6.45, 7) is 5.45. The Morgan fingerprint density at radius 2 is 1.61 bits per heavy atom. The average Bonchev–Trinajstić information content (AvgIpc) is 3.92. The summed E-state index contributed by atoms with van der Waals surface area (Å²) in [6.07, 6.45) is 15.9. The third-order valence-corrected chi connectivity index (χ3v) is 12.9. The maximum absolute atomic E-state index is 14.7. The van der Waals surface area contributed by atoms with E-state index in [0.29, 0.717) is 29.0 Å². The number of nitrogens with two attached hydrogens (primary N) is 1. The van der Waals surface area contributed by atoms with Gasteiger partial charge in [0.1, 0.15) is 47.8 Å². The number of nitrogens with zero attached hydrogens (tertiary/aromatic N) is 4. The topological polar surface area (TPSA) is 162 Å². The van der Waals surface area contributed by atoms with Crippen molar-refractivity contribution >= 4 is 30.8 Å². The zero-order valence-corrected chi connectivity index (χ0v) is 37.9. The summed E-state index contributed by atoms with van der Waals surface area (Å²) in [6, 6.07) is 16.3. The van der Waals surface area contributed by atoms with Crippen molar-refractivity contribution in [3.63, 3.8) is 0 Å². The van der Waals surface area contributed by atoms with Gasteiger partial charge < -0.3 is 29.2 Å². The van der Waals surface area contributed by atoms with Crippen LogP contribution in [-0.4, -0.2) is 58.0 Å². The van der Waals surface area contributed by atoms with Crippen molar-refractivity contribution in [1.29, 1.82) is 5.26 Å². The number of hydrogen-bond donors (Lipinski definition) is 1. The summed E-state index contributed by atoms with van der Waals surface area (Å²) in [4.78, 5) is 4.09. The molecule has 62 heavy (non-hydrogen) atoms. The van der Waals surface area contributed by atoms with Gasteiger partial charge in [0.05, 0.1) is 48.3 Å². The Morgan fingerprint density at radius 1 is 0.935 bits per heavy atom. The van der Waals surface area contributed by atoms with Crippen LogP contribution in [0.2, 0.25) is 5.02 Å². The molecule has 2 N–H and O–H groups in total. The zero-order valence-electron chi connectivity index (χ0n) is 36.2. The van der Waals surface area contributed by atoms with E-state index < -0.39 is 49.9 Å². The number of benzene rings is 2. The van der Waals surface area contributed by atoms with Crippen LogP contribution in [0.15, 0.2) is 60.9 Å². The van der Waals surface area contributed by atoms with Gasteiger partial charge in [-0.1, -0.05) is 121 Å². The Kier molecular flexibility index (Phi) is 18.0. The van der Waals surface area contributed by atoms with Crippen LogP contribution in [0.3, 0.4) is 0 Å².